The van der Waals surface area contributed by atoms with Crippen molar-refractivity contribution in [2.24, 2.45) is 0 Å². The Kier molecular flexibility index (Phi) is 3.86. The number of aromatic amines is 1. The summed E-state index contributed by atoms with van der Waals surface area (Å²) in [4.78, 5) is 36.4. The first-order chi connectivity index (χ1) is 10.8. The molecule has 2 fully saturated rings. The fourth-order valence-electron chi connectivity index (χ4n) is 2.84. The summed E-state index contributed by atoms with van der Waals surface area (Å²) >= 11 is 0. The molecule has 2 saturated heterocycles. The molecule has 0 saturated carbocycles. The monoisotopic (exact) mass is 327 g/mol. The van der Waals surface area contributed by atoms with Gasteiger partial charge < -0.3 is 18.9 Å². The van der Waals surface area contributed by atoms with Crippen LogP contribution in [-0.2, 0) is 23.7 Å². The lowest BCUT2D eigenvalue weighted by Gasteiger charge is -2.24. The Labute approximate surface area is 131 Å². The Morgan fingerprint density at radius 1 is 1.35 bits per heavy atom. The van der Waals surface area contributed by atoms with Crippen molar-refractivity contribution in [3.8, 4) is 0 Å². The number of fused-ring (bicyclic) bond motifs is 1. The zero-order valence-corrected chi connectivity index (χ0v) is 13.0. The first-order valence-electron chi connectivity index (χ1n) is 7.23. The Bertz CT molecular complexity index is 722. The SMILES string of the molecule is CC(=O)OC[C@H]1O[C@@H](n2ccc(=O)[15nH]c2=O)[C@@H]2OC(C)(C)O[C@@H]21. The van der Waals surface area contributed by atoms with Gasteiger partial charge in [-0.2, -0.15) is 0 Å². The van der Waals surface area contributed by atoms with Gasteiger partial charge in [-0.1, -0.05) is 0 Å². The van der Waals surface area contributed by atoms with E-state index in [0.29, 0.717) is 0 Å². The third-order valence-electron chi connectivity index (χ3n) is 3.70. The quantitative estimate of drug-likeness (QED) is 0.747. The second-order valence-corrected chi connectivity index (χ2v) is 5.95. The van der Waals surface area contributed by atoms with Crippen LogP contribution in [0.3, 0.4) is 0 Å². The highest BCUT2D eigenvalue weighted by Crippen LogP contribution is 2.42. The Hall–Kier alpha value is -1.97. The molecule has 3 rings (SSSR count). The minimum Gasteiger partial charge on any atom is -0.463 e. The molecule has 4 atom stereocenters. The number of nitrogens with zero attached hydrogens (tertiary/aromatic N) is 1. The predicted octanol–water partition coefficient (Wildman–Crippen LogP) is -0.483. The average Bonchev–Trinajstić information content (AvgIpc) is 2.90. The molecular weight excluding hydrogens is 309 g/mol. The van der Waals surface area contributed by atoms with Crippen LogP contribution in [0.5, 0.6) is 0 Å². The number of hydrogen-bond donors (Lipinski definition) is 1. The third-order valence-corrected chi connectivity index (χ3v) is 3.70. The van der Waals surface area contributed by atoms with Crippen molar-refractivity contribution in [1.82, 2.24) is 9.55 Å². The van der Waals surface area contributed by atoms with E-state index in [2.05, 4.69) is 4.98 Å². The number of nitrogens with one attached hydrogen (secondary N) is 1. The zero-order chi connectivity index (χ0) is 16.8. The van der Waals surface area contributed by atoms with E-state index in [4.69, 9.17) is 18.9 Å². The van der Waals surface area contributed by atoms with Crippen molar-refractivity contribution in [3.05, 3.63) is 33.1 Å². The maximum absolute atomic E-state index is 12.0. The van der Waals surface area contributed by atoms with Crippen molar-refractivity contribution in [3.63, 3.8) is 0 Å². The summed E-state index contributed by atoms with van der Waals surface area (Å²) in [6.07, 6.45) is -1.07. The van der Waals surface area contributed by atoms with Crippen molar-refractivity contribution in [2.45, 2.75) is 51.1 Å². The van der Waals surface area contributed by atoms with Crippen LogP contribution in [0.4, 0.5) is 0 Å². The fourth-order valence-corrected chi connectivity index (χ4v) is 2.84. The summed E-state index contributed by atoms with van der Waals surface area (Å²) in [5, 5.41) is 0. The highest BCUT2D eigenvalue weighted by atomic mass is 16.8. The molecule has 9 nitrogen and oxygen atoms in total. The maximum atomic E-state index is 12.0. The van der Waals surface area contributed by atoms with Gasteiger partial charge in [0.05, 0.1) is 0 Å². The van der Waals surface area contributed by atoms with Crippen molar-refractivity contribution < 1.29 is 23.7 Å². The smallest absolute Gasteiger partial charge is 0.330 e. The molecule has 1 aromatic heterocycles. The third kappa shape index (κ3) is 3.07. The van der Waals surface area contributed by atoms with Crippen LogP contribution in [0, 0.1) is 0 Å². The number of carbonyl (C=O) groups is 1. The topological polar surface area (TPSA) is 109 Å². The van der Waals surface area contributed by atoms with E-state index in [1.165, 1.54) is 23.8 Å². The minimum atomic E-state index is -0.850. The molecule has 2 aliphatic rings. The second kappa shape index (κ2) is 5.59. The van der Waals surface area contributed by atoms with Crippen LogP contribution in [0.25, 0.3) is 0 Å². The molecule has 0 spiro atoms. The molecule has 1 aromatic rings. The fraction of sp³-hybridized carbons (Fsp3) is 0.643. The summed E-state index contributed by atoms with van der Waals surface area (Å²) in [6, 6.07) is 1.22. The van der Waals surface area contributed by atoms with Gasteiger partial charge in [0, 0.05) is 19.2 Å². The van der Waals surface area contributed by atoms with E-state index in [9.17, 15) is 14.4 Å². The Morgan fingerprint density at radius 2 is 2.04 bits per heavy atom. The van der Waals surface area contributed by atoms with Crippen molar-refractivity contribution in [2.75, 3.05) is 6.61 Å². The van der Waals surface area contributed by atoms with Gasteiger partial charge >= 0.3 is 11.7 Å². The zero-order valence-electron chi connectivity index (χ0n) is 13.0. The summed E-state index contributed by atoms with van der Waals surface area (Å²) in [6.45, 7) is 4.79. The van der Waals surface area contributed by atoms with E-state index in [0.717, 1.165) is 0 Å². The van der Waals surface area contributed by atoms with Gasteiger partial charge in [-0.05, 0) is 13.8 Å². The Balaban J connectivity index is 1.90. The van der Waals surface area contributed by atoms with E-state index < -0.39 is 47.5 Å². The number of hydrogen-bond acceptors (Lipinski definition) is 7. The van der Waals surface area contributed by atoms with Crippen LogP contribution in [0.1, 0.15) is 27.0 Å². The molecule has 0 aliphatic carbocycles. The molecule has 0 amide bonds. The van der Waals surface area contributed by atoms with Gasteiger partial charge in [0.25, 0.3) is 5.56 Å². The second-order valence-electron chi connectivity index (χ2n) is 5.95. The molecule has 0 unspecified atom stereocenters. The standard InChI is InChI=1S/C14H18N2O7/c1-7(17)20-6-8-10-11(23-14(2,3)22-10)12(21-8)16-5-4-9(18)15-13(16)19/h4-5,8,10-12H,6H2,1-3H3,(H,15,18,19)/t8-,10-,11-,12-/m1/s1/i15+1. The lowest BCUT2D eigenvalue weighted by Crippen LogP contribution is -2.37. The summed E-state index contributed by atoms with van der Waals surface area (Å²) < 4.78 is 23.6. The van der Waals surface area contributed by atoms with Crippen LogP contribution in [0.2, 0.25) is 0 Å². The number of rotatable bonds is 3. The number of esters is 1. The first kappa shape index (κ1) is 15.9. The van der Waals surface area contributed by atoms with Crippen LogP contribution in [-0.4, -0.2) is 46.2 Å². The molecule has 1 N–H and O–H groups in total. The van der Waals surface area contributed by atoms with E-state index >= 15 is 0 Å². The van der Waals surface area contributed by atoms with E-state index in [1.54, 1.807) is 13.8 Å². The largest absolute Gasteiger partial charge is 0.463 e. The van der Waals surface area contributed by atoms with Gasteiger partial charge in [0.15, 0.2) is 12.0 Å². The molecule has 23 heavy (non-hydrogen) atoms. The number of H-pyrrole nitrogens is 1. The minimum absolute atomic E-state index is 0.00938. The van der Waals surface area contributed by atoms with Gasteiger partial charge in [0.2, 0.25) is 0 Å². The first-order valence-corrected chi connectivity index (χ1v) is 7.23. The van der Waals surface area contributed by atoms with Gasteiger partial charge in [-0.15, -0.1) is 0 Å². The van der Waals surface area contributed by atoms with Gasteiger partial charge in [-0.3, -0.25) is 19.1 Å². The average molecular weight is 327 g/mol. The number of carbonyl (C=O) groups excluding carboxylic acids is 1. The molecule has 0 aromatic carbocycles. The predicted molar refractivity (Wildman–Crippen MR) is 75.7 cm³/mol. The summed E-state index contributed by atoms with van der Waals surface area (Å²) in [5.74, 6) is -1.29. The highest BCUT2D eigenvalue weighted by Gasteiger charge is 2.56. The molecule has 0 radical (unpaired) electrons. The van der Waals surface area contributed by atoms with Crippen LogP contribution in [0.15, 0.2) is 21.9 Å². The molecule has 126 valence electrons. The van der Waals surface area contributed by atoms with E-state index in [-0.39, 0.29) is 6.61 Å². The maximum Gasteiger partial charge on any atom is 0.330 e. The lowest BCUT2D eigenvalue weighted by molar-refractivity contribution is -0.202. The molecule has 0 bridgehead atoms. The number of aromatic nitrogens is 2. The summed E-state index contributed by atoms with van der Waals surface area (Å²) in [5.41, 5.74) is -1.11. The number of ether oxygens (including phenoxy) is 4. The lowest BCUT2D eigenvalue weighted by atomic mass is 10.1. The van der Waals surface area contributed by atoms with Gasteiger partial charge in [0.1, 0.15) is 24.9 Å². The highest BCUT2D eigenvalue weighted by molar-refractivity contribution is 5.65. The van der Waals surface area contributed by atoms with Crippen molar-refractivity contribution >= 4 is 5.97 Å². The Morgan fingerprint density at radius 3 is 2.70 bits per heavy atom. The molecule has 2 aliphatic heterocycles. The van der Waals surface area contributed by atoms with E-state index in [1.807, 2.05) is 0 Å². The molecular formula is C14H18N2O7. The van der Waals surface area contributed by atoms with Crippen LogP contribution >= 0.6 is 0 Å². The van der Waals surface area contributed by atoms with Crippen molar-refractivity contribution in [1.29, 1.82) is 0 Å². The molecule has 9 heteroatoms. The molecule has 3 heterocycles. The summed E-state index contributed by atoms with van der Waals surface area (Å²) in [7, 11) is 0. The van der Waals surface area contributed by atoms with Gasteiger partial charge in [-0.25, -0.2) is 4.79 Å². The van der Waals surface area contributed by atoms with Crippen LogP contribution < -0.4 is 11.2 Å². The normalized spacial score (nSPS) is 31.8.